The predicted octanol–water partition coefficient (Wildman–Crippen LogP) is 10.9. The Morgan fingerprint density at radius 1 is 0.558 bits per heavy atom. The van der Waals surface area contributed by atoms with Crippen LogP contribution in [0, 0.1) is 11.8 Å². The molecule has 4 aliphatic carbocycles. The predicted molar refractivity (Wildman–Crippen MR) is 181 cm³/mol. The molecule has 2 atom stereocenters. The van der Waals surface area contributed by atoms with Gasteiger partial charge in [0.15, 0.2) is 0 Å². The Kier molecular flexibility index (Phi) is 5.45. The molecule has 1 heterocycles. The minimum atomic E-state index is 0.320. The molecule has 4 fully saturated rings. The number of para-hydroxylation sites is 2. The zero-order valence-electron chi connectivity index (χ0n) is 24.7. The molecule has 43 heavy (non-hydrogen) atoms. The summed E-state index contributed by atoms with van der Waals surface area (Å²) in [7, 11) is 0. The molecule has 1 aromatic heterocycles. The fraction of sp³-hybridized carbons (Fsp3) is 0.238. The van der Waals surface area contributed by atoms with E-state index in [0.29, 0.717) is 10.8 Å². The average Bonchev–Trinajstić information content (AvgIpc) is 3.39. The molecule has 5 aromatic carbocycles. The minimum absolute atomic E-state index is 0.320. The van der Waals surface area contributed by atoms with Gasteiger partial charge in [0.25, 0.3) is 0 Å². The van der Waals surface area contributed by atoms with Crippen LogP contribution >= 0.6 is 0 Å². The highest BCUT2D eigenvalue weighted by Gasteiger charge is 2.58. The highest BCUT2D eigenvalue weighted by Crippen LogP contribution is 2.66. The molecule has 0 spiro atoms. The average molecular weight is 556 g/mol. The van der Waals surface area contributed by atoms with Crippen molar-refractivity contribution in [2.45, 2.75) is 49.4 Å². The Bertz CT molecular complexity index is 1920. The molecular formula is C42H37N. The maximum Gasteiger partial charge on any atom is 0.0541 e. The number of rotatable bonds is 5. The Balaban J connectivity index is 1.03. The topological polar surface area (TPSA) is 4.93 Å². The van der Waals surface area contributed by atoms with Gasteiger partial charge in [-0.3, -0.25) is 0 Å². The van der Waals surface area contributed by atoms with E-state index >= 15 is 0 Å². The van der Waals surface area contributed by atoms with E-state index in [4.69, 9.17) is 0 Å². The summed E-state index contributed by atoms with van der Waals surface area (Å²) in [4.78, 5) is 0. The van der Waals surface area contributed by atoms with E-state index in [0.717, 1.165) is 11.8 Å². The highest BCUT2D eigenvalue weighted by atomic mass is 15.0. The zero-order valence-corrected chi connectivity index (χ0v) is 24.7. The Morgan fingerprint density at radius 2 is 1.02 bits per heavy atom. The van der Waals surface area contributed by atoms with Crippen molar-refractivity contribution in [1.29, 1.82) is 0 Å². The van der Waals surface area contributed by atoms with Crippen LogP contribution in [0.5, 0.6) is 0 Å². The lowest BCUT2D eigenvalue weighted by Crippen LogP contribution is -2.55. The summed E-state index contributed by atoms with van der Waals surface area (Å²) in [5.41, 5.74) is 11.3. The number of hydrogen-bond acceptors (Lipinski definition) is 0. The van der Waals surface area contributed by atoms with Crippen molar-refractivity contribution in [3.05, 3.63) is 145 Å². The Morgan fingerprint density at radius 3 is 1.53 bits per heavy atom. The van der Waals surface area contributed by atoms with Gasteiger partial charge in [-0.05, 0) is 113 Å². The van der Waals surface area contributed by atoms with Crippen molar-refractivity contribution < 1.29 is 0 Å². The van der Waals surface area contributed by atoms with E-state index < -0.39 is 0 Å². The molecule has 2 unspecified atom stereocenters. The van der Waals surface area contributed by atoms with Gasteiger partial charge in [0.1, 0.15) is 0 Å². The first-order chi connectivity index (χ1) is 21.1. The molecule has 10 rings (SSSR count). The lowest BCUT2D eigenvalue weighted by Gasteiger charge is -2.63. The second-order valence-corrected chi connectivity index (χ2v) is 13.8. The third-order valence-electron chi connectivity index (χ3n) is 11.4. The molecule has 210 valence electrons. The monoisotopic (exact) mass is 555 g/mol. The molecule has 0 N–H and O–H groups in total. The van der Waals surface area contributed by atoms with E-state index in [1.807, 2.05) is 6.08 Å². The van der Waals surface area contributed by atoms with Gasteiger partial charge in [-0.25, -0.2) is 0 Å². The number of aromatic nitrogens is 1. The van der Waals surface area contributed by atoms with Crippen molar-refractivity contribution in [3.63, 3.8) is 0 Å². The first kappa shape index (κ1) is 25.2. The first-order valence-electron chi connectivity index (χ1n) is 16.1. The van der Waals surface area contributed by atoms with Crippen molar-refractivity contribution >= 4 is 27.9 Å². The Labute approximate surface area is 254 Å². The van der Waals surface area contributed by atoms with Gasteiger partial charge in [0.05, 0.1) is 11.0 Å². The molecule has 1 nitrogen and oxygen atoms in total. The quantitative estimate of drug-likeness (QED) is 0.199. The lowest BCUT2D eigenvalue weighted by atomic mass is 9.41. The summed E-state index contributed by atoms with van der Waals surface area (Å²) in [5.74, 6) is 1.71. The summed E-state index contributed by atoms with van der Waals surface area (Å²) < 4.78 is 2.39. The van der Waals surface area contributed by atoms with E-state index in [-0.39, 0.29) is 0 Å². The van der Waals surface area contributed by atoms with Crippen molar-refractivity contribution in [3.8, 4) is 16.8 Å². The molecule has 6 aromatic rings. The molecule has 1 heteroatoms. The van der Waals surface area contributed by atoms with Crippen LogP contribution in [0.3, 0.4) is 0 Å². The maximum atomic E-state index is 3.97. The fourth-order valence-corrected chi connectivity index (χ4v) is 9.93. The summed E-state index contributed by atoms with van der Waals surface area (Å²) in [5, 5.41) is 2.61. The molecule has 0 radical (unpaired) electrons. The second-order valence-electron chi connectivity index (χ2n) is 13.8. The van der Waals surface area contributed by atoms with Crippen molar-refractivity contribution in [2.24, 2.45) is 11.8 Å². The molecule has 0 aliphatic heterocycles. The van der Waals surface area contributed by atoms with E-state index in [9.17, 15) is 0 Å². The lowest BCUT2D eigenvalue weighted by molar-refractivity contribution is -0.0281. The van der Waals surface area contributed by atoms with Crippen LogP contribution in [0.4, 0.5) is 0 Å². The molecule has 4 aliphatic rings. The summed E-state index contributed by atoms with van der Waals surface area (Å²) in [6, 6.07) is 45.7. The van der Waals surface area contributed by atoms with Gasteiger partial charge in [-0.15, -0.1) is 0 Å². The van der Waals surface area contributed by atoms with Gasteiger partial charge in [0.2, 0.25) is 0 Å². The van der Waals surface area contributed by atoms with Crippen LogP contribution in [-0.4, -0.2) is 4.57 Å². The second kappa shape index (κ2) is 9.32. The van der Waals surface area contributed by atoms with Gasteiger partial charge in [-0.2, -0.15) is 0 Å². The zero-order chi connectivity index (χ0) is 28.6. The molecule has 0 amide bonds. The van der Waals surface area contributed by atoms with Crippen LogP contribution in [0.1, 0.15) is 55.2 Å². The molecule has 0 saturated heterocycles. The molecule has 4 saturated carbocycles. The minimum Gasteiger partial charge on any atom is -0.309 e. The van der Waals surface area contributed by atoms with E-state index in [1.165, 1.54) is 82.7 Å². The SMILES string of the molecule is C=Cc1ccc(C23CC4CC(C2)CC(c2ccc(-c5ccc(-n6c7ccccc7c7ccccc76)cc5)cc2)(C4)C3)cc1. The first-order valence-corrected chi connectivity index (χ1v) is 16.1. The van der Waals surface area contributed by atoms with Crippen LogP contribution in [0.25, 0.3) is 44.7 Å². The number of hydrogen-bond donors (Lipinski definition) is 0. The summed E-state index contributed by atoms with van der Waals surface area (Å²) >= 11 is 0. The smallest absolute Gasteiger partial charge is 0.0541 e. The van der Waals surface area contributed by atoms with E-state index in [2.05, 4.69) is 132 Å². The van der Waals surface area contributed by atoms with Crippen LogP contribution in [0.15, 0.2) is 128 Å². The van der Waals surface area contributed by atoms with E-state index in [1.54, 1.807) is 11.1 Å². The van der Waals surface area contributed by atoms with Gasteiger partial charge in [-0.1, -0.05) is 110 Å². The molecular weight excluding hydrogens is 518 g/mol. The third-order valence-corrected chi connectivity index (χ3v) is 11.4. The highest BCUT2D eigenvalue weighted by molar-refractivity contribution is 6.09. The third kappa shape index (κ3) is 3.84. The van der Waals surface area contributed by atoms with Crippen molar-refractivity contribution in [2.75, 3.05) is 0 Å². The number of benzene rings is 5. The van der Waals surface area contributed by atoms with Gasteiger partial charge in [0, 0.05) is 16.5 Å². The fourth-order valence-electron chi connectivity index (χ4n) is 9.93. The number of nitrogens with zero attached hydrogens (tertiary/aromatic N) is 1. The number of fused-ring (bicyclic) bond motifs is 3. The largest absolute Gasteiger partial charge is 0.309 e. The summed E-state index contributed by atoms with van der Waals surface area (Å²) in [6.45, 7) is 3.97. The van der Waals surface area contributed by atoms with Crippen LogP contribution < -0.4 is 0 Å². The normalized spacial score (nSPS) is 25.9. The standard InChI is InChI=1S/C42H37N/c1-2-29-11-17-34(18-12-29)41-24-30-23-31(25-41)27-42(26-30,28-41)35-19-13-32(14-20-35)33-15-21-36(22-16-33)43-39-9-5-3-7-37(39)38-8-4-6-10-40(38)43/h2-22,30-31H,1,23-28H2. The molecule has 4 bridgehead atoms. The van der Waals surface area contributed by atoms with Crippen LogP contribution in [0.2, 0.25) is 0 Å². The van der Waals surface area contributed by atoms with Gasteiger partial charge < -0.3 is 4.57 Å². The van der Waals surface area contributed by atoms with Gasteiger partial charge >= 0.3 is 0 Å². The summed E-state index contributed by atoms with van der Waals surface area (Å²) in [6.07, 6.45) is 10.2. The maximum absolute atomic E-state index is 3.97. The Hall–Kier alpha value is -4.36. The van der Waals surface area contributed by atoms with Crippen LogP contribution in [-0.2, 0) is 10.8 Å². The van der Waals surface area contributed by atoms with Crippen molar-refractivity contribution in [1.82, 2.24) is 4.57 Å².